The highest BCUT2D eigenvalue weighted by Gasteiger charge is 2.14. The molecule has 0 aliphatic carbocycles. The molecule has 22 heavy (non-hydrogen) atoms. The summed E-state index contributed by atoms with van der Waals surface area (Å²) in [5.74, 6) is 1.73. The molecule has 1 N–H and O–H groups in total. The Hall–Kier alpha value is -0.720. The van der Waals surface area contributed by atoms with Gasteiger partial charge in [-0.25, -0.2) is 0 Å². The second kappa shape index (κ2) is 9.43. The van der Waals surface area contributed by atoms with Crippen LogP contribution in [-0.2, 0) is 6.54 Å². The van der Waals surface area contributed by atoms with Crippen molar-refractivity contribution in [2.24, 2.45) is 0 Å². The van der Waals surface area contributed by atoms with Crippen LogP contribution in [0.5, 0.6) is 11.5 Å². The van der Waals surface area contributed by atoms with E-state index in [9.17, 15) is 0 Å². The molecule has 1 saturated heterocycles. The fourth-order valence-corrected chi connectivity index (χ4v) is 2.68. The van der Waals surface area contributed by atoms with E-state index in [-0.39, 0.29) is 24.8 Å². The molecule has 0 bridgehead atoms. The van der Waals surface area contributed by atoms with Crippen molar-refractivity contribution in [1.29, 1.82) is 0 Å². The molecule has 0 amide bonds. The third-order valence-corrected chi connectivity index (χ3v) is 3.90. The van der Waals surface area contributed by atoms with Gasteiger partial charge in [-0.05, 0) is 24.7 Å². The summed E-state index contributed by atoms with van der Waals surface area (Å²) in [5, 5.41) is 3.39. The van der Waals surface area contributed by atoms with Crippen molar-refractivity contribution < 1.29 is 9.47 Å². The lowest BCUT2D eigenvalue weighted by atomic mass is 10.2. The Morgan fingerprint density at radius 3 is 2.64 bits per heavy atom. The summed E-state index contributed by atoms with van der Waals surface area (Å²) in [5.41, 5.74) is 1.28. The largest absolute Gasteiger partial charge is 0.454 e. The molecule has 2 aliphatic heterocycles. The molecule has 2 heterocycles. The zero-order valence-electron chi connectivity index (χ0n) is 12.9. The van der Waals surface area contributed by atoms with Gasteiger partial charge in [-0.3, -0.25) is 4.90 Å². The highest BCUT2D eigenvalue weighted by Crippen LogP contribution is 2.32. The minimum absolute atomic E-state index is 0. The predicted octanol–water partition coefficient (Wildman–Crippen LogP) is 1.60. The average Bonchev–Trinajstić information content (AvgIpc) is 2.94. The number of ether oxygens (including phenoxy) is 2. The molecule has 0 radical (unpaired) electrons. The third-order valence-electron chi connectivity index (χ3n) is 3.90. The first kappa shape index (κ1) is 19.3. The van der Waals surface area contributed by atoms with E-state index in [2.05, 4.69) is 34.3 Å². The zero-order chi connectivity index (χ0) is 13.8. The van der Waals surface area contributed by atoms with Crippen molar-refractivity contribution in [3.05, 3.63) is 23.8 Å². The minimum Gasteiger partial charge on any atom is -0.454 e. The molecule has 1 aromatic carbocycles. The number of rotatable bonds is 5. The van der Waals surface area contributed by atoms with Crippen molar-refractivity contribution in [2.75, 3.05) is 53.1 Å². The predicted molar refractivity (Wildman–Crippen MR) is 92.7 cm³/mol. The first-order chi connectivity index (χ1) is 9.81. The van der Waals surface area contributed by atoms with Gasteiger partial charge in [0, 0.05) is 45.8 Å². The topological polar surface area (TPSA) is 37.0 Å². The van der Waals surface area contributed by atoms with Crippen LogP contribution in [0.3, 0.4) is 0 Å². The van der Waals surface area contributed by atoms with Crippen LogP contribution in [0.4, 0.5) is 0 Å². The molecule has 0 saturated carbocycles. The smallest absolute Gasteiger partial charge is 0.231 e. The van der Waals surface area contributed by atoms with Gasteiger partial charge in [0.05, 0.1) is 0 Å². The van der Waals surface area contributed by atoms with Crippen LogP contribution in [0.1, 0.15) is 5.56 Å². The van der Waals surface area contributed by atoms with Gasteiger partial charge < -0.3 is 19.7 Å². The normalized spacial score (nSPS) is 17.0. The molecule has 0 spiro atoms. The van der Waals surface area contributed by atoms with Crippen LogP contribution in [-0.4, -0.2) is 62.9 Å². The highest BCUT2D eigenvalue weighted by molar-refractivity contribution is 5.85. The summed E-state index contributed by atoms with van der Waals surface area (Å²) in [6, 6.07) is 6.21. The lowest BCUT2D eigenvalue weighted by Crippen LogP contribution is -2.45. The van der Waals surface area contributed by atoms with Crippen LogP contribution in [0, 0.1) is 0 Å². The van der Waals surface area contributed by atoms with Crippen LogP contribution in [0.15, 0.2) is 18.2 Å². The lowest BCUT2D eigenvalue weighted by Gasteiger charge is -2.29. The van der Waals surface area contributed by atoms with Gasteiger partial charge in [-0.2, -0.15) is 0 Å². The average molecular weight is 350 g/mol. The quantitative estimate of drug-likeness (QED) is 0.873. The summed E-state index contributed by atoms with van der Waals surface area (Å²) in [6.45, 7) is 8.09. The molecule has 3 rings (SSSR count). The van der Waals surface area contributed by atoms with Crippen molar-refractivity contribution >= 4 is 24.8 Å². The Morgan fingerprint density at radius 2 is 1.86 bits per heavy atom. The third kappa shape index (κ3) is 5.18. The van der Waals surface area contributed by atoms with Crippen molar-refractivity contribution in [3.63, 3.8) is 0 Å². The molecule has 0 atom stereocenters. The second-order valence-electron chi connectivity index (χ2n) is 5.52. The van der Waals surface area contributed by atoms with Gasteiger partial charge in [-0.1, -0.05) is 6.07 Å². The minimum atomic E-state index is 0. The zero-order valence-corrected chi connectivity index (χ0v) is 14.5. The maximum atomic E-state index is 5.42. The molecule has 1 fully saturated rings. The molecule has 0 unspecified atom stereocenters. The molecule has 7 heteroatoms. The molecule has 2 aliphatic rings. The number of nitrogens with one attached hydrogen (secondary N) is 1. The first-order valence-electron chi connectivity index (χ1n) is 7.31. The van der Waals surface area contributed by atoms with Crippen molar-refractivity contribution in [1.82, 2.24) is 15.1 Å². The van der Waals surface area contributed by atoms with Gasteiger partial charge in [0.1, 0.15) is 0 Å². The van der Waals surface area contributed by atoms with Crippen LogP contribution >= 0.6 is 24.8 Å². The van der Waals surface area contributed by atoms with Gasteiger partial charge in [-0.15, -0.1) is 24.8 Å². The lowest BCUT2D eigenvalue weighted by molar-refractivity contribution is 0.174. The molecule has 1 aromatic rings. The maximum Gasteiger partial charge on any atom is 0.231 e. The molecule has 126 valence electrons. The van der Waals surface area contributed by atoms with Crippen LogP contribution < -0.4 is 14.8 Å². The number of benzene rings is 1. The van der Waals surface area contributed by atoms with Gasteiger partial charge in [0.15, 0.2) is 11.5 Å². The molecule has 5 nitrogen and oxygen atoms in total. The first-order valence-corrected chi connectivity index (χ1v) is 7.31. The number of nitrogens with zero attached hydrogens (tertiary/aromatic N) is 2. The van der Waals surface area contributed by atoms with Gasteiger partial charge in [0.2, 0.25) is 6.79 Å². The summed E-state index contributed by atoms with van der Waals surface area (Å²) < 4.78 is 10.8. The Kier molecular flexibility index (Phi) is 8.28. The number of piperazine rings is 1. The van der Waals surface area contributed by atoms with E-state index in [1.54, 1.807) is 0 Å². The number of likely N-dealkylation sites (N-methyl/N-ethyl adjacent to an activating group) is 1. The standard InChI is InChI=1S/C15H23N3O2.2ClH/c1-17(8-9-18-6-4-16-5-7-18)11-13-2-3-14-15(10-13)20-12-19-14;;/h2-3,10,16H,4-9,11-12H2,1H3;2*1H. The number of hydrogen-bond donors (Lipinski definition) is 1. The van der Waals surface area contributed by atoms with E-state index >= 15 is 0 Å². The summed E-state index contributed by atoms with van der Waals surface area (Å²) in [6.07, 6.45) is 0. The SMILES string of the molecule is CN(CCN1CCNCC1)Cc1ccc2c(c1)OCO2.Cl.Cl. The van der Waals surface area contributed by atoms with E-state index in [4.69, 9.17) is 9.47 Å². The second-order valence-corrected chi connectivity index (χ2v) is 5.52. The van der Waals surface area contributed by atoms with Crippen molar-refractivity contribution in [3.8, 4) is 11.5 Å². The summed E-state index contributed by atoms with van der Waals surface area (Å²) in [7, 11) is 2.17. The van der Waals surface area contributed by atoms with E-state index in [0.717, 1.165) is 57.3 Å². The number of hydrogen-bond acceptors (Lipinski definition) is 5. The molecular weight excluding hydrogens is 325 g/mol. The van der Waals surface area contributed by atoms with E-state index < -0.39 is 0 Å². The number of fused-ring (bicyclic) bond motifs is 1. The number of halogens is 2. The Labute approximate surface area is 144 Å². The van der Waals surface area contributed by atoms with E-state index in [1.807, 2.05) is 6.07 Å². The highest BCUT2D eigenvalue weighted by atomic mass is 35.5. The van der Waals surface area contributed by atoms with E-state index in [1.165, 1.54) is 5.56 Å². The van der Waals surface area contributed by atoms with Crippen LogP contribution in [0.25, 0.3) is 0 Å². The fraction of sp³-hybridized carbons (Fsp3) is 0.600. The molecule has 0 aromatic heterocycles. The van der Waals surface area contributed by atoms with E-state index in [0.29, 0.717) is 6.79 Å². The van der Waals surface area contributed by atoms with Crippen LogP contribution in [0.2, 0.25) is 0 Å². The monoisotopic (exact) mass is 349 g/mol. The fourth-order valence-electron chi connectivity index (χ4n) is 2.68. The van der Waals surface area contributed by atoms with Crippen molar-refractivity contribution in [2.45, 2.75) is 6.54 Å². The Morgan fingerprint density at radius 1 is 1.14 bits per heavy atom. The van der Waals surface area contributed by atoms with Gasteiger partial charge >= 0.3 is 0 Å². The Bertz CT molecular complexity index is 456. The Balaban J connectivity index is 0.00000121. The summed E-state index contributed by atoms with van der Waals surface area (Å²) in [4.78, 5) is 4.88. The molecular formula is C15H25Cl2N3O2. The maximum absolute atomic E-state index is 5.42. The van der Waals surface area contributed by atoms with Gasteiger partial charge in [0.25, 0.3) is 0 Å². The summed E-state index contributed by atoms with van der Waals surface area (Å²) >= 11 is 0.